The minimum atomic E-state index is -0.644. The van der Waals surface area contributed by atoms with Gasteiger partial charge in [-0.15, -0.1) is 0 Å². The van der Waals surface area contributed by atoms with E-state index in [0.717, 1.165) is 30.4 Å². The Kier molecular flexibility index (Phi) is 7.71. The number of rotatable bonds is 8. The zero-order chi connectivity index (χ0) is 23.3. The number of nitrogens with zero attached hydrogens (tertiary/aromatic N) is 2. The Bertz CT molecular complexity index is 1110. The number of hydrogen-bond acceptors (Lipinski definition) is 6. The number of hydrogen-bond donors (Lipinski definition) is 2. The van der Waals surface area contributed by atoms with Crippen LogP contribution < -0.4 is 22.0 Å². The highest BCUT2D eigenvalue weighted by molar-refractivity contribution is 5.83. The summed E-state index contributed by atoms with van der Waals surface area (Å²) in [5.41, 5.74) is 2.19. The van der Waals surface area contributed by atoms with Gasteiger partial charge in [0.15, 0.2) is 0 Å². The van der Waals surface area contributed by atoms with Crippen LogP contribution in [0.25, 0.3) is 10.9 Å². The van der Waals surface area contributed by atoms with E-state index in [0.29, 0.717) is 11.2 Å². The summed E-state index contributed by atoms with van der Waals surface area (Å²) >= 11 is 0. The van der Waals surface area contributed by atoms with Crippen molar-refractivity contribution < 1.29 is 13.9 Å². The van der Waals surface area contributed by atoms with Crippen LogP contribution in [0.5, 0.6) is 0 Å². The van der Waals surface area contributed by atoms with Gasteiger partial charge in [-0.3, -0.25) is 9.36 Å². The molecule has 0 saturated heterocycles. The Morgan fingerprint density at radius 1 is 1.25 bits per heavy atom. The number of nitrogens with one attached hydrogen (secondary N) is 2. The molecular weight excluding hydrogens is 415 g/mol. The quantitative estimate of drug-likeness (QED) is 0.477. The van der Waals surface area contributed by atoms with Gasteiger partial charge in [-0.05, 0) is 45.7 Å². The van der Waals surface area contributed by atoms with E-state index >= 15 is 0 Å². The topological polar surface area (TPSA) is 94.4 Å². The predicted molar refractivity (Wildman–Crippen MR) is 123 cm³/mol. The molecular formula is C23H31FN4O4. The highest BCUT2D eigenvalue weighted by Gasteiger charge is 2.20. The fourth-order valence-corrected chi connectivity index (χ4v) is 4.06. The molecule has 1 aromatic carbocycles. The molecule has 0 unspecified atom stereocenters. The lowest BCUT2D eigenvalue weighted by Crippen LogP contribution is -2.45. The summed E-state index contributed by atoms with van der Waals surface area (Å²) in [6.45, 7) is 5.65. The van der Waals surface area contributed by atoms with E-state index in [2.05, 4.69) is 10.7 Å². The first-order valence-electron chi connectivity index (χ1n) is 11.2. The van der Waals surface area contributed by atoms with Crippen molar-refractivity contribution in [1.29, 1.82) is 0 Å². The minimum absolute atomic E-state index is 0.0430. The molecule has 1 saturated carbocycles. The molecule has 0 spiro atoms. The average molecular weight is 447 g/mol. The van der Waals surface area contributed by atoms with Gasteiger partial charge in [0.1, 0.15) is 5.82 Å². The third kappa shape index (κ3) is 5.20. The molecule has 32 heavy (non-hydrogen) atoms. The molecule has 8 nitrogen and oxygen atoms in total. The highest BCUT2D eigenvalue weighted by atomic mass is 19.1. The van der Waals surface area contributed by atoms with Gasteiger partial charge in [0.2, 0.25) is 0 Å². The van der Waals surface area contributed by atoms with Gasteiger partial charge in [-0.2, -0.15) is 4.68 Å². The van der Waals surface area contributed by atoms with Gasteiger partial charge < -0.3 is 15.5 Å². The number of halogens is 1. The van der Waals surface area contributed by atoms with Crippen molar-refractivity contribution in [2.24, 2.45) is 0 Å². The number of anilines is 1. The van der Waals surface area contributed by atoms with E-state index in [9.17, 15) is 18.8 Å². The molecule has 0 aliphatic heterocycles. The van der Waals surface area contributed by atoms with Crippen LogP contribution in [0.15, 0.2) is 33.9 Å². The van der Waals surface area contributed by atoms with Crippen LogP contribution >= 0.6 is 0 Å². The molecule has 2 aromatic rings. The fraction of sp³-hybridized carbons (Fsp3) is 0.522. The van der Waals surface area contributed by atoms with Crippen LogP contribution in [0.1, 0.15) is 58.9 Å². The van der Waals surface area contributed by atoms with Gasteiger partial charge >= 0.3 is 11.7 Å². The molecule has 1 aliphatic rings. The Balaban J connectivity index is 1.98. The second-order valence-electron chi connectivity index (χ2n) is 8.23. The summed E-state index contributed by atoms with van der Waals surface area (Å²) in [6.07, 6.45) is 8.00. The largest absolute Gasteiger partial charge is 0.463 e. The predicted octanol–water partition coefficient (Wildman–Crippen LogP) is 3.29. The maximum Gasteiger partial charge on any atom is 0.350 e. The third-order valence-electron chi connectivity index (χ3n) is 5.56. The van der Waals surface area contributed by atoms with Crippen molar-refractivity contribution in [2.45, 2.75) is 65.0 Å². The molecule has 1 aliphatic carbocycles. The second kappa shape index (κ2) is 10.5. The number of ether oxygens (including phenoxy) is 1. The lowest BCUT2D eigenvalue weighted by atomic mass is 9.95. The molecule has 174 valence electrons. The number of fused-ring (bicyclic) bond motifs is 1. The molecule has 2 N–H and O–H groups in total. The van der Waals surface area contributed by atoms with E-state index < -0.39 is 23.0 Å². The average Bonchev–Trinajstić information content (AvgIpc) is 2.75. The van der Waals surface area contributed by atoms with Crippen molar-refractivity contribution in [1.82, 2.24) is 9.24 Å². The van der Waals surface area contributed by atoms with E-state index in [4.69, 9.17) is 4.74 Å². The monoisotopic (exact) mass is 446 g/mol. The molecule has 3 rings (SSSR count). The summed E-state index contributed by atoms with van der Waals surface area (Å²) in [6, 6.07) is 2.67. The highest BCUT2D eigenvalue weighted by Crippen LogP contribution is 2.26. The summed E-state index contributed by atoms with van der Waals surface area (Å²) in [7, 11) is 0. The van der Waals surface area contributed by atoms with Crippen LogP contribution in [0.2, 0.25) is 0 Å². The lowest BCUT2D eigenvalue weighted by Gasteiger charge is -2.25. The van der Waals surface area contributed by atoms with Crippen molar-refractivity contribution in [2.75, 3.05) is 23.9 Å². The van der Waals surface area contributed by atoms with Gasteiger partial charge in [0, 0.05) is 18.2 Å². The second-order valence-corrected chi connectivity index (χ2v) is 8.23. The Hall–Kier alpha value is -3.10. The first kappa shape index (κ1) is 23.6. The molecule has 0 amide bonds. The van der Waals surface area contributed by atoms with E-state index in [-0.39, 0.29) is 30.6 Å². The SMILES string of the molecule is CCOC(=O)/C=C/CNn1c(=O)c2cc(F)c(NC3CCCCC3)cc2n(C(C)C)c1=O. The van der Waals surface area contributed by atoms with Crippen molar-refractivity contribution in [3.05, 3.63) is 50.9 Å². The smallest absolute Gasteiger partial charge is 0.350 e. The molecule has 1 heterocycles. The van der Waals surface area contributed by atoms with E-state index in [1.165, 1.54) is 29.2 Å². The van der Waals surface area contributed by atoms with Crippen molar-refractivity contribution in [3.8, 4) is 0 Å². The first-order chi connectivity index (χ1) is 15.3. The summed E-state index contributed by atoms with van der Waals surface area (Å²) in [5.74, 6) is -1.04. The Labute approximate surface area is 186 Å². The maximum atomic E-state index is 14.9. The minimum Gasteiger partial charge on any atom is -0.463 e. The Morgan fingerprint density at radius 2 is 1.97 bits per heavy atom. The molecule has 1 fully saturated rings. The third-order valence-corrected chi connectivity index (χ3v) is 5.56. The molecule has 1 aromatic heterocycles. The van der Waals surface area contributed by atoms with Gasteiger partial charge in [0.25, 0.3) is 5.56 Å². The van der Waals surface area contributed by atoms with Crippen LogP contribution in [-0.2, 0) is 9.53 Å². The normalized spacial score (nSPS) is 14.9. The molecule has 9 heteroatoms. The Morgan fingerprint density at radius 3 is 2.62 bits per heavy atom. The molecule has 0 atom stereocenters. The van der Waals surface area contributed by atoms with Crippen LogP contribution in [0, 0.1) is 5.82 Å². The zero-order valence-electron chi connectivity index (χ0n) is 18.8. The lowest BCUT2D eigenvalue weighted by molar-refractivity contribution is -0.137. The first-order valence-corrected chi connectivity index (χ1v) is 11.2. The summed E-state index contributed by atoms with van der Waals surface area (Å²) in [4.78, 5) is 37.5. The number of benzene rings is 1. The number of esters is 1. The standard InChI is InChI=1S/C23H31FN4O4/c1-4-32-21(29)11-8-12-25-28-22(30)17-13-18(24)19(26-16-9-6-5-7-10-16)14-20(17)27(15(2)3)23(28)31/h8,11,13-16,25-26H,4-7,9-10,12H2,1-3H3/b11-8+. The van der Waals surface area contributed by atoms with Crippen molar-refractivity contribution in [3.63, 3.8) is 0 Å². The van der Waals surface area contributed by atoms with E-state index in [1.54, 1.807) is 13.0 Å². The van der Waals surface area contributed by atoms with E-state index in [1.807, 2.05) is 13.8 Å². The summed E-state index contributed by atoms with van der Waals surface area (Å²) in [5, 5.41) is 3.36. The van der Waals surface area contributed by atoms with Crippen molar-refractivity contribution >= 4 is 22.6 Å². The van der Waals surface area contributed by atoms with Crippen LogP contribution in [-0.4, -0.2) is 34.4 Å². The molecule has 0 radical (unpaired) electrons. The maximum absolute atomic E-state index is 14.9. The van der Waals surface area contributed by atoms with Gasteiger partial charge in [-0.1, -0.05) is 25.3 Å². The van der Waals surface area contributed by atoms with Gasteiger partial charge in [-0.25, -0.2) is 14.0 Å². The fourth-order valence-electron chi connectivity index (χ4n) is 4.06. The van der Waals surface area contributed by atoms with Crippen LogP contribution in [0.3, 0.4) is 0 Å². The van der Waals surface area contributed by atoms with Crippen LogP contribution in [0.4, 0.5) is 10.1 Å². The molecule has 0 bridgehead atoms. The number of aromatic nitrogens is 2. The zero-order valence-corrected chi connectivity index (χ0v) is 18.8. The number of carbonyl (C=O) groups excluding carboxylic acids is 1. The number of carbonyl (C=O) groups is 1. The summed E-state index contributed by atoms with van der Waals surface area (Å²) < 4.78 is 22.0. The van der Waals surface area contributed by atoms with Gasteiger partial charge in [0.05, 0.1) is 29.7 Å².